The summed E-state index contributed by atoms with van der Waals surface area (Å²) >= 11 is 0. The topological polar surface area (TPSA) is 57.6 Å². The lowest BCUT2D eigenvalue weighted by molar-refractivity contribution is -0.139. The molecule has 1 aliphatic heterocycles. The number of ketones is 1. The molecule has 1 heterocycles. The molecule has 1 unspecified atom stereocenters. The van der Waals surface area contributed by atoms with E-state index in [4.69, 9.17) is 0 Å². The fraction of sp³-hybridized carbons (Fsp3) is 0.333. The predicted molar refractivity (Wildman–Crippen MR) is 111 cm³/mol. The van der Waals surface area contributed by atoms with Crippen LogP contribution in [0.25, 0.3) is 5.76 Å². The molecule has 4 heteroatoms. The van der Waals surface area contributed by atoms with Crippen molar-refractivity contribution < 1.29 is 14.7 Å². The number of aliphatic hydroxyl groups excluding tert-OH is 1. The summed E-state index contributed by atoms with van der Waals surface area (Å²) in [6.07, 6.45) is 4.06. The summed E-state index contributed by atoms with van der Waals surface area (Å²) in [5.74, 6) is -1.25. The standard InChI is InChI=1S/C24H27NO3/c1-3-4-5-9-16-25-21(18-14-12-17(2)13-15-18)20(23(27)24(25)28)22(26)19-10-7-6-8-11-19/h6-8,10-15,21,26H,3-5,9,16H2,1-2H3. The number of carbonyl (C=O) groups is 2. The molecule has 0 spiro atoms. The molecule has 0 aliphatic carbocycles. The zero-order valence-corrected chi connectivity index (χ0v) is 16.5. The van der Waals surface area contributed by atoms with Crippen molar-refractivity contribution in [2.45, 2.75) is 45.6 Å². The maximum absolute atomic E-state index is 12.9. The number of nitrogens with zero attached hydrogens (tertiary/aromatic N) is 1. The Kier molecular flexibility index (Phi) is 6.30. The number of hydrogen-bond acceptors (Lipinski definition) is 3. The van der Waals surface area contributed by atoms with Gasteiger partial charge in [0.2, 0.25) is 0 Å². The first-order valence-electron chi connectivity index (χ1n) is 9.95. The molecule has 3 rings (SSSR count). The zero-order valence-electron chi connectivity index (χ0n) is 16.5. The van der Waals surface area contributed by atoms with Gasteiger partial charge in [0.1, 0.15) is 5.76 Å². The first-order chi connectivity index (χ1) is 13.5. The van der Waals surface area contributed by atoms with Gasteiger partial charge in [-0.15, -0.1) is 0 Å². The fourth-order valence-electron chi connectivity index (χ4n) is 3.67. The van der Waals surface area contributed by atoms with Crippen LogP contribution in [0.1, 0.15) is 55.3 Å². The Morgan fingerprint density at radius 3 is 2.29 bits per heavy atom. The van der Waals surface area contributed by atoms with Crippen molar-refractivity contribution >= 4 is 17.4 Å². The highest BCUT2D eigenvalue weighted by Crippen LogP contribution is 2.39. The van der Waals surface area contributed by atoms with Crippen LogP contribution in [-0.4, -0.2) is 28.2 Å². The first-order valence-corrected chi connectivity index (χ1v) is 9.95. The van der Waals surface area contributed by atoms with Crippen molar-refractivity contribution in [2.75, 3.05) is 6.54 Å². The molecule has 1 atom stereocenters. The molecule has 1 aliphatic rings. The van der Waals surface area contributed by atoms with E-state index in [-0.39, 0.29) is 11.3 Å². The molecule has 2 aromatic rings. The lowest BCUT2D eigenvalue weighted by Gasteiger charge is -2.25. The van der Waals surface area contributed by atoms with Gasteiger partial charge in [0.15, 0.2) is 0 Å². The molecular formula is C24H27NO3. The molecular weight excluding hydrogens is 350 g/mol. The van der Waals surface area contributed by atoms with Crippen molar-refractivity contribution in [3.8, 4) is 0 Å². The Morgan fingerprint density at radius 2 is 1.64 bits per heavy atom. The fourth-order valence-corrected chi connectivity index (χ4v) is 3.67. The minimum atomic E-state index is -0.609. The van der Waals surface area contributed by atoms with Crippen LogP contribution in [0.5, 0.6) is 0 Å². The SMILES string of the molecule is CCCCCCN1C(=O)C(=O)C(=C(O)c2ccccc2)C1c1ccc(C)cc1. The maximum atomic E-state index is 12.9. The molecule has 1 N–H and O–H groups in total. The van der Waals surface area contributed by atoms with Gasteiger partial charge in [-0.2, -0.15) is 0 Å². The van der Waals surface area contributed by atoms with Crippen molar-refractivity contribution in [1.29, 1.82) is 0 Å². The third-order valence-electron chi connectivity index (χ3n) is 5.23. The number of aliphatic hydroxyl groups is 1. The quantitative estimate of drug-likeness (QED) is 0.320. The van der Waals surface area contributed by atoms with Crippen LogP contribution >= 0.6 is 0 Å². The molecule has 0 aromatic heterocycles. The summed E-state index contributed by atoms with van der Waals surface area (Å²) in [6.45, 7) is 4.64. The van der Waals surface area contributed by atoms with Gasteiger partial charge >= 0.3 is 0 Å². The number of aryl methyl sites for hydroxylation is 1. The Morgan fingerprint density at radius 1 is 0.964 bits per heavy atom. The maximum Gasteiger partial charge on any atom is 0.295 e. The Balaban J connectivity index is 2.04. The highest BCUT2D eigenvalue weighted by molar-refractivity contribution is 6.46. The summed E-state index contributed by atoms with van der Waals surface area (Å²) in [5, 5.41) is 10.9. The highest BCUT2D eigenvalue weighted by Gasteiger charge is 2.45. The number of Topliss-reactive ketones (excluding diaryl/α,β-unsaturated/α-hetero) is 1. The van der Waals surface area contributed by atoms with E-state index in [1.54, 1.807) is 29.2 Å². The van der Waals surface area contributed by atoms with E-state index in [0.29, 0.717) is 12.1 Å². The summed E-state index contributed by atoms with van der Waals surface area (Å²) in [4.78, 5) is 27.3. The Labute approximate surface area is 166 Å². The van der Waals surface area contributed by atoms with E-state index >= 15 is 0 Å². The number of unbranched alkanes of at least 4 members (excludes halogenated alkanes) is 3. The Hall–Kier alpha value is -2.88. The van der Waals surface area contributed by atoms with Crippen LogP contribution in [0.3, 0.4) is 0 Å². The van der Waals surface area contributed by atoms with Crippen molar-refractivity contribution in [2.24, 2.45) is 0 Å². The summed E-state index contributed by atoms with van der Waals surface area (Å²) in [5.41, 5.74) is 2.67. The molecule has 2 aromatic carbocycles. The lowest BCUT2D eigenvalue weighted by Crippen LogP contribution is -2.30. The number of amides is 1. The number of carbonyl (C=O) groups excluding carboxylic acids is 2. The van der Waals surface area contributed by atoms with Crippen LogP contribution < -0.4 is 0 Å². The molecule has 0 saturated carbocycles. The predicted octanol–water partition coefficient (Wildman–Crippen LogP) is 5.00. The summed E-state index contributed by atoms with van der Waals surface area (Å²) in [6, 6.07) is 16.2. The average Bonchev–Trinajstić information content (AvgIpc) is 2.97. The molecule has 1 saturated heterocycles. The molecule has 146 valence electrons. The van der Waals surface area contributed by atoms with Gasteiger partial charge in [-0.25, -0.2) is 0 Å². The molecule has 0 radical (unpaired) electrons. The zero-order chi connectivity index (χ0) is 20.1. The number of rotatable bonds is 7. The van der Waals surface area contributed by atoms with Gasteiger partial charge in [0, 0.05) is 12.1 Å². The number of likely N-dealkylation sites (tertiary alicyclic amines) is 1. The van der Waals surface area contributed by atoms with Gasteiger partial charge in [0.05, 0.1) is 11.6 Å². The summed E-state index contributed by atoms with van der Waals surface area (Å²) in [7, 11) is 0. The van der Waals surface area contributed by atoms with E-state index < -0.39 is 17.7 Å². The average molecular weight is 377 g/mol. The second-order valence-electron chi connectivity index (χ2n) is 7.33. The van der Waals surface area contributed by atoms with Gasteiger partial charge in [-0.1, -0.05) is 86.3 Å². The van der Waals surface area contributed by atoms with Gasteiger partial charge in [-0.05, 0) is 18.9 Å². The van der Waals surface area contributed by atoms with Gasteiger partial charge in [0.25, 0.3) is 11.7 Å². The number of hydrogen-bond donors (Lipinski definition) is 1. The van der Waals surface area contributed by atoms with E-state index in [1.807, 2.05) is 37.3 Å². The van der Waals surface area contributed by atoms with Crippen LogP contribution in [0.2, 0.25) is 0 Å². The third-order valence-corrected chi connectivity index (χ3v) is 5.23. The van der Waals surface area contributed by atoms with Crippen LogP contribution in [-0.2, 0) is 9.59 Å². The monoisotopic (exact) mass is 377 g/mol. The van der Waals surface area contributed by atoms with Gasteiger partial charge in [-0.3, -0.25) is 9.59 Å². The van der Waals surface area contributed by atoms with Crippen LogP contribution in [0.4, 0.5) is 0 Å². The normalized spacial score (nSPS) is 18.6. The molecule has 28 heavy (non-hydrogen) atoms. The van der Waals surface area contributed by atoms with Gasteiger partial charge < -0.3 is 10.0 Å². The molecule has 1 fully saturated rings. The Bertz CT molecular complexity index is 868. The van der Waals surface area contributed by atoms with Crippen LogP contribution in [0.15, 0.2) is 60.2 Å². The smallest absolute Gasteiger partial charge is 0.295 e. The van der Waals surface area contributed by atoms with E-state index in [1.165, 1.54) is 0 Å². The van der Waals surface area contributed by atoms with Crippen molar-refractivity contribution in [3.63, 3.8) is 0 Å². The van der Waals surface area contributed by atoms with Crippen molar-refractivity contribution in [1.82, 2.24) is 4.90 Å². The summed E-state index contributed by atoms with van der Waals surface area (Å²) < 4.78 is 0. The largest absolute Gasteiger partial charge is 0.507 e. The minimum absolute atomic E-state index is 0.111. The molecule has 1 amide bonds. The van der Waals surface area contributed by atoms with E-state index in [2.05, 4.69) is 6.92 Å². The second kappa shape index (κ2) is 8.87. The molecule has 4 nitrogen and oxygen atoms in total. The van der Waals surface area contributed by atoms with E-state index in [0.717, 1.165) is 36.8 Å². The number of benzene rings is 2. The first kappa shape index (κ1) is 19.9. The second-order valence-corrected chi connectivity index (χ2v) is 7.33. The van der Waals surface area contributed by atoms with E-state index in [9.17, 15) is 14.7 Å². The minimum Gasteiger partial charge on any atom is -0.507 e. The lowest BCUT2D eigenvalue weighted by atomic mass is 9.94. The molecule has 0 bridgehead atoms. The highest BCUT2D eigenvalue weighted by atomic mass is 16.3. The van der Waals surface area contributed by atoms with Crippen LogP contribution in [0, 0.1) is 6.92 Å². The van der Waals surface area contributed by atoms with Crippen molar-refractivity contribution in [3.05, 3.63) is 76.9 Å². The third kappa shape index (κ3) is 4.01.